The van der Waals surface area contributed by atoms with Gasteiger partial charge >= 0.3 is 0 Å². The summed E-state index contributed by atoms with van der Waals surface area (Å²) in [6, 6.07) is 19.6. The maximum Gasteiger partial charge on any atom is 0.251 e. The zero-order valence-corrected chi connectivity index (χ0v) is 16.7. The number of nitrogens with zero attached hydrogens (tertiary/aromatic N) is 3. The molecule has 0 saturated carbocycles. The van der Waals surface area contributed by atoms with Crippen molar-refractivity contribution in [1.82, 2.24) is 19.8 Å². The number of hydrogen-bond acceptors (Lipinski definition) is 4. The van der Waals surface area contributed by atoms with Gasteiger partial charge < -0.3 is 9.73 Å². The Labute approximate surface area is 175 Å². The Kier molecular flexibility index (Phi) is 5.07. The first-order chi connectivity index (χ1) is 14.8. The summed E-state index contributed by atoms with van der Waals surface area (Å²) in [5.74, 6) is 0.826. The van der Waals surface area contributed by atoms with Crippen molar-refractivity contribution in [2.24, 2.45) is 0 Å². The Bertz CT molecular complexity index is 1130. The topological polar surface area (TPSA) is 63.3 Å². The van der Waals surface area contributed by atoms with Gasteiger partial charge in [-0.1, -0.05) is 12.1 Å². The van der Waals surface area contributed by atoms with Gasteiger partial charge in [0, 0.05) is 17.8 Å². The molecule has 1 N–H and O–H groups in total. The van der Waals surface area contributed by atoms with E-state index in [9.17, 15) is 4.79 Å². The number of carbonyl (C=O) groups is 1. The van der Waals surface area contributed by atoms with E-state index >= 15 is 0 Å². The van der Waals surface area contributed by atoms with E-state index in [1.54, 1.807) is 6.26 Å². The lowest BCUT2D eigenvalue weighted by molar-refractivity contribution is 0.0934. The maximum absolute atomic E-state index is 12.8. The highest BCUT2D eigenvalue weighted by Gasteiger charge is 2.26. The van der Waals surface area contributed by atoms with Gasteiger partial charge in [0.25, 0.3) is 5.91 Å². The van der Waals surface area contributed by atoms with E-state index in [0.29, 0.717) is 12.1 Å². The normalized spacial score (nSPS) is 15.5. The lowest BCUT2D eigenvalue weighted by Gasteiger charge is -2.26. The molecule has 152 valence electrons. The highest BCUT2D eigenvalue weighted by Crippen LogP contribution is 2.25. The summed E-state index contributed by atoms with van der Waals surface area (Å²) in [4.78, 5) is 19.6. The van der Waals surface area contributed by atoms with Crippen molar-refractivity contribution >= 4 is 16.9 Å². The highest BCUT2D eigenvalue weighted by molar-refractivity contribution is 5.94. The summed E-state index contributed by atoms with van der Waals surface area (Å²) in [6.45, 7) is 2.60. The van der Waals surface area contributed by atoms with Gasteiger partial charge in [-0.2, -0.15) is 0 Å². The smallest absolute Gasteiger partial charge is 0.251 e. The van der Waals surface area contributed by atoms with Crippen LogP contribution in [0, 0.1) is 0 Å². The van der Waals surface area contributed by atoms with Crippen LogP contribution in [0.25, 0.3) is 16.7 Å². The number of rotatable bonds is 6. The minimum atomic E-state index is -0.0761. The lowest BCUT2D eigenvalue weighted by atomic mass is 10.1. The predicted octanol–water partition coefficient (Wildman–Crippen LogP) is 4.19. The third-order valence-corrected chi connectivity index (χ3v) is 5.77. The van der Waals surface area contributed by atoms with Gasteiger partial charge in [-0.15, -0.1) is 0 Å². The third-order valence-electron chi connectivity index (χ3n) is 5.77. The van der Waals surface area contributed by atoms with Gasteiger partial charge in [0.05, 0.1) is 23.3 Å². The summed E-state index contributed by atoms with van der Waals surface area (Å²) in [6.07, 6.45) is 5.88. The first-order valence-electron chi connectivity index (χ1n) is 10.4. The molecule has 0 aliphatic carbocycles. The van der Waals surface area contributed by atoms with Crippen LogP contribution in [0.15, 0.2) is 77.7 Å². The fourth-order valence-electron chi connectivity index (χ4n) is 4.17. The van der Waals surface area contributed by atoms with Crippen LogP contribution in [0.1, 0.15) is 35.0 Å². The van der Waals surface area contributed by atoms with Crippen LogP contribution in [0.2, 0.25) is 0 Å². The quantitative estimate of drug-likeness (QED) is 0.527. The molecule has 1 atom stereocenters. The number of aromatic nitrogens is 2. The number of carbonyl (C=O) groups excluding carboxylic acids is 1. The van der Waals surface area contributed by atoms with Crippen LogP contribution < -0.4 is 5.32 Å². The molecule has 4 aromatic rings. The second-order valence-electron chi connectivity index (χ2n) is 7.63. The molecule has 30 heavy (non-hydrogen) atoms. The highest BCUT2D eigenvalue weighted by atomic mass is 16.3. The first kappa shape index (κ1) is 18.6. The zero-order chi connectivity index (χ0) is 20.3. The summed E-state index contributed by atoms with van der Waals surface area (Å²) in [5.41, 5.74) is 3.61. The van der Waals surface area contributed by atoms with Crippen molar-refractivity contribution < 1.29 is 9.21 Å². The number of para-hydroxylation sites is 2. The number of hydrogen-bond donors (Lipinski definition) is 1. The van der Waals surface area contributed by atoms with Crippen molar-refractivity contribution in [1.29, 1.82) is 0 Å². The average Bonchev–Trinajstić information content (AvgIpc) is 3.56. The number of furan rings is 1. The molecule has 1 unspecified atom stereocenters. The number of benzene rings is 2. The zero-order valence-electron chi connectivity index (χ0n) is 16.7. The van der Waals surface area contributed by atoms with Gasteiger partial charge in [0.15, 0.2) is 0 Å². The van der Waals surface area contributed by atoms with Crippen molar-refractivity contribution in [3.05, 3.63) is 84.6 Å². The minimum Gasteiger partial charge on any atom is -0.468 e. The average molecular weight is 400 g/mol. The molecule has 1 amide bonds. The fourth-order valence-corrected chi connectivity index (χ4v) is 4.17. The van der Waals surface area contributed by atoms with Crippen molar-refractivity contribution in [3.8, 4) is 5.69 Å². The van der Waals surface area contributed by atoms with Crippen molar-refractivity contribution in [2.75, 3.05) is 19.6 Å². The Balaban J connectivity index is 1.29. The summed E-state index contributed by atoms with van der Waals surface area (Å²) in [5, 5.41) is 3.09. The van der Waals surface area contributed by atoms with E-state index in [-0.39, 0.29) is 11.9 Å². The molecule has 1 saturated heterocycles. The van der Waals surface area contributed by atoms with Crippen LogP contribution in [0.3, 0.4) is 0 Å². The second-order valence-corrected chi connectivity index (χ2v) is 7.63. The SMILES string of the molecule is O=C(NCC(c1ccco1)N1CCCC1)c1ccc(-n2cnc3ccccc32)cc1. The molecule has 1 aliphatic rings. The van der Waals surface area contributed by atoms with E-state index in [2.05, 4.69) is 15.2 Å². The van der Waals surface area contributed by atoms with Crippen LogP contribution in [0.4, 0.5) is 0 Å². The second kappa shape index (κ2) is 8.16. The molecule has 0 spiro atoms. The number of fused-ring (bicyclic) bond motifs is 1. The molecular weight excluding hydrogens is 376 g/mol. The monoisotopic (exact) mass is 400 g/mol. The number of nitrogens with one attached hydrogen (secondary N) is 1. The van der Waals surface area contributed by atoms with Crippen LogP contribution in [0.5, 0.6) is 0 Å². The van der Waals surface area contributed by atoms with Gasteiger partial charge in [-0.3, -0.25) is 14.3 Å². The molecule has 1 fully saturated rings. The Morgan fingerprint density at radius 3 is 2.60 bits per heavy atom. The van der Waals surface area contributed by atoms with Crippen molar-refractivity contribution in [2.45, 2.75) is 18.9 Å². The number of amides is 1. The maximum atomic E-state index is 12.8. The molecule has 0 radical (unpaired) electrons. The summed E-state index contributed by atoms with van der Waals surface area (Å²) < 4.78 is 7.66. The van der Waals surface area contributed by atoms with Gasteiger partial charge in [0.1, 0.15) is 12.1 Å². The largest absolute Gasteiger partial charge is 0.468 e. The molecule has 2 aromatic carbocycles. The van der Waals surface area contributed by atoms with Gasteiger partial charge in [-0.25, -0.2) is 4.98 Å². The van der Waals surface area contributed by atoms with Gasteiger partial charge in [-0.05, 0) is 74.5 Å². The molecule has 6 heteroatoms. The fraction of sp³-hybridized carbons (Fsp3) is 0.250. The Morgan fingerprint density at radius 1 is 1.03 bits per heavy atom. The molecule has 3 heterocycles. The van der Waals surface area contributed by atoms with Crippen molar-refractivity contribution in [3.63, 3.8) is 0 Å². The molecule has 1 aliphatic heterocycles. The number of likely N-dealkylation sites (tertiary alicyclic amines) is 1. The first-order valence-corrected chi connectivity index (χ1v) is 10.4. The predicted molar refractivity (Wildman–Crippen MR) is 116 cm³/mol. The minimum absolute atomic E-state index is 0.0723. The van der Waals surface area contributed by atoms with E-state index in [1.165, 1.54) is 12.8 Å². The lowest BCUT2D eigenvalue weighted by Crippen LogP contribution is -2.36. The molecule has 0 bridgehead atoms. The summed E-state index contributed by atoms with van der Waals surface area (Å²) in [7, 11) is 0. The Morgan fingerprint density at radius 2 is 1.83 bits per heavy atom. The Hall–Kier alpha value is -3.38. The van der Waals surface area contributed by atoms with E-state index in [1.807, 2.05) is 71.6 Å². The number of imidazole rings is 1. The third kappa shape index (κ3) is 3.62. The van der Waals surface area contributed by atoms with Gasteiger partial charge in [0.2, 0.25) is 0 Å². The molecule has 2 aromatic heterocycles. The van der Waals surface area contributed by atoms with Crippen LogP contribution in [-0.2, 0) is 0 Å². The standard InChI is InChI=1S/C24H24N4O2/c29-24(25-16-22(23-8-5-15-30-23)27-13-3-4-14-27)18-9-11-19(12-10-18)28-17-26-20-6-1-2-7-21(20)28/h1-2,5-12,15,17,22H,3-4,13-14,16H2,(H,25,29). The van der Waals surface area contributed by atoms with Crippen LogP contribution in [-0.4, -0.2) is 40.0 Å². The van der Waals surface area contributed by atoms with E-state index < -0.39 is 0 Å². The van der Waals surface area contributed by atoms with Crippen LogP contribution >= 0.6 is 0 Å². The molecule has 5 rings (SSSR count). The molecular formula is C24H24N4O2. The summed E-state index contributed by atoms with van der Waals surface area (Å²) >= 11 is 0. The molecule has 6 nitrogen and oxygen atoms in total. The van der Waals surface area contributed by atoms with E-state index in [0.717, 1.165) is 35.6 Å². The van der Waals surface area contributed by atoms with E-state index in [4.69, 9.17) is 4.42 Å².